The van der Waals surface area contributed by atoms with Gasteiger partial charge in [0, 0.05) is 4.47 Å². The lowest BCUT2D eigenvalue weighted by Crippen LogP contribution is -2.50. The third-order valence-corrected chi connectivity index (χ3v) is 3.83. The lowest BCUT2D eigenvalue weighted by atomic mass is 10.0. The lowest BCUT2D eigenvalue weighted by Gasteiger charge is -2.41. The van der Waals surface area contributed by atoms with Gasteiger partial charge >= 0.3 is 6.09 Å². The number of carbonyl (C=O) groups is 1. The summed E-state index contributed by atoms with van der Waals surface area (Å²) in [6.45, 7) is 8.65. The molecular weight excluding hydrogens is 334 g/mol. The van der Waals surface area contributed by atoms with Crippen LogP contribution in [0.4, 0.5) is 4.79 Å². The fraction of sp³-hybridized carbons (Fsp3) is 0.562. The summed E-state index contributed by atoms with van der Waals surface area (Å²) in [6, 6.07) is 7.84. The summed E-state index contributed by atoms with van der Waals surface area (Å²) in [7, 11) is 0. The maximum atomic E-state index is 12.5. The summed E-state index contributed by atoms with van der Waals surface area (Å²) in [5, 5.41) is 0. The van der Waals surface area contributed by atoms with Gasteiger partial charge in [-0.05, 0) is 45.4 Å². The average Bonchev–Trinajstić information content (AvgIpc) is 2.37. The first-order valence-electron chi connectivity index (χ1n) is 7.12. The van der Waals surface area contributed by atoms with Crippen molar-refractivity contribution in [3.05, 3.63) is 34.3 Å². The number of halogens is 1. The molecule has 0 aliphatic carbocycles. The maximum Gasteiger partial charge on any atom is 0.411 e. The highest BCUT2D eigenvalue weighted by Gasteiger charge is 2.36. The quantitative estimate of drug-likeness (QED) is 0.759. The Morgan fingerprint density at radius 2 is 1.90 bits per heavy atom. The number of hydrogen-bond donors (Lipinski definition) is 0. The van der Waals surface area contributed by atoms with Crippen molar-refractivity contribution in [1.82, 2.24) is 4.90 Å². The fourth-order valence-electron chi connectivity index (χ4n) is 2.38. The summed E-state index contributed by atoms with van der Waals surface area (Å²) < 4.78 is 12.2. The summed E-state index contributed by atoms with van der Waals surface area (Å²) in [5.41, 5.74) is 0.551. The minimum absolute atomic E-state index is 0.0118. The normalized spacial score (nSPS) is 23.0. The number of nitrogens with zero attached hydrogens (tertiary/aromatic N) is 1. The summed E-state index contributed by atoms with van der Waals surface area (Å²) >= 11 is 3.43. The van der Waals surface area contributed by atoms with Gasteiger partial charge in [-0.3, -0.25) is 4.90 Å². The molecule has 4 nitrogen and oxygen atoms in total. The highest BCUT2D eigenvalue weighted by atomic mass is 79.9. The second-order valence-electron chi connectivity index (χ2n) is 6.34. The van der Waals surface area contributed by atoms with E-state index in [-0.39, 0.29) is 18.2 Å². The Morgan fingerprint density at radius 3 is 2.48 bits per heavy atom. The number of morpholine rings is 1. The minimum atomic E-state index is -0.501. The predicted octanol–water partition coefficient (Wildman–Crippen LogP) is 4.15. The van der Waals surface area contributed by atoms with Crippen molar-refractivity contribution >= 4 is 22.0 Å². The minimum Gasteiger partial charge on any atom is -0.444 e. The number of benzene rings is 1. The van der Waals surface area contributed by atoms with Gasteiger partial charge in [0.05, 0.1) is 25.3 Å². The Bertz CT molecular complexity index is 495. The highest BCUT2D eigenvalue weighted by Crippen LogP contribution is 2.30. The molecule has 1 aromatic carbocycles. The van der Waals surface area contributed by atoms with Crippen LogP contribution < -0.4 is 0 Å². The number of carbonyl (C=O) groups excluding carboxylic acids is 1. The molecule has 116 valence electrons. The number of amides is 1. The lowest BCUT2D eigenvalue weighted by molar-refractivity contribution is -0.0573. The van der Waals surface area contributed by atoms with Crippen LogP contribution in [0.5, 0.6) is 0 Å². The zero-order chi connectivity index (χ0) is 15.6. The van der Waals surface area contributed by atoms with Crippen LogP contribution in [-0.4, -0.2) is 35.8 Å². The first-order chi connectivity index (χ1) is 9.78. The molecule has 5 heteroatoms. The number of ether oxygens (including phenoxy) is 2. The van der Waals surface area contributed by atoms with Crippen molar-refractivity contribution in [1.29, 1.82) is 0 Å². The van der Waals surface area contributed by atoms with Crippen molar-refractivity contribution in [2.24, 2.45) is 0 Å². The van der Waals surface area contributed by atoms with E-state index in [1.165, 1.54) is 0 Å². The van der Waals surface area contributed by atoms with Gasteiger partial charge in [0.2, 0.25) is 0 Å². The summed E-state index contributed by atoms with van der Waals surface area (Å²) in [6.07, 6.45) is -0.286. The predicted molar refractivity (Wildman–Crippen MR) is 85.2 cm³/mol. The number of hydrogen-bond acceptors (Lipinski definition) is 3. The Kier molecular flexibility index (Phi) is 4.94. The summed E-state index contributed by atoms with van der Waals surface area (Å²) in [4.78, 5) is 14.3. The van der Waals surface area contributed by atoms with Crippen molar-refractivity contribution in [3.63, 3.8) is 0 Å². The molecule has 0 aromatic heterocycles. The first-order valence-corrected chi connectivity index (χ1v) is 7.92. The molecule has 0 N–H and O–H groups in total. The molecule has 1 fully saturated rings. The van der Waals surface area contributed by atoms with E-state index in [4.69, 9.17) is 9.47 Å². The van der Waals surface area contributed by atoms with E-state index < -0.39 is 5.60 Å². The van der Waals surface area contributed by atoms with E-state index in [1.54, 1.807) is 4.90 Å². The molecule has 1 saturated heterocycles. The van der Waals surface area contributed by atoms with E-state index in [1.807, 2.05) is 52.0 Å². The maximum absolute atomic E-state index is 12.5. The molecular formula is C16H22BrNO3. The van der Waals surface area contributed by atoms with E-state index >= 15 is 0 Å². The smallest absolute Gasteiger partial charge is 0.411 e. The molecule has 2 rings (SSSR count). The molecule has 0 bridgehead atoms. The monoisotopic (exact) mass is 355 g/mol. The van der Waals surface area contributed by atoms with Crippen LogP contribution in [0.2, 0.25) is 0 Å². The molecule has 0 saturated carbocycles. The fourth-order valence-corrected chi connectivity index (χ4v) is 2.65. The van der Waals surface area contributed by atoms with Crippen molar-refractivity contribution in [2.75, 3.05) is 13.2 Å². The Morgan fingerprint density at radius 1 is 1.29 bits per heavy atom. The third-order valence-electron chi connectivity index (χ3n) is 3.30. The van der Waals surface area contributed by atoms with Gasteiger partial charge in [-0.2, -0.15) is 0 Å². The molecule has 0 radical (unpaired) electrons. The van der Waals surface area contributed by atoms with E-state index in [0.717, 1.165) is 10.0 Å². The first kappa shape index (κ1) is 16.3. The molecule has 1 aliphatic rings. The molecule has 1 aromatic rings. The van der Waals surface area contributed by atoms with Gasteiger partial charge in [-0.1, -0.05) is 28.1 Å². The topological polar surface area (TPSA) is 38.8 Å². The molecule has 0 unspecified atom stereocenters. The van der Waals surface area contributed by atoms with Gasteiger partial charge in [0.1, 0.15) is 5.60 Å². The summed E-state index contributed by atoms with van der Waals surface area (Å²) in [5.74, 6) is 0. The standard InChI is InChI=1S/C16H22BrNO3/c1-11-9-20-10-14(12-5-7-13(17)8-6-12)18(11)15(19)21-16(2,3)4/h5-8,11,14H,9-10H2,1-4H3/t11-,14-/m0/s1. The Labute approximate surface area is 134 Å². The van der Waals surface area contributed by atoms with Crippen LogP contribution >= 0.6 is 15.9 Å². The second kappa shape index (κ2) is 6.36. The second-order valence-corrected chi connectivity index (χ2v) is 7.26. The van der Waals surface area contributed by atoms with E-state index in [9.17, 15) is 4.79 Å². The molecule has 1 amide bonds. The Balaban J connectivity index is 2.24. The van der Waals surface area contributed by atoms with Crippen LogP contribution in [0.25, 0.3) is 0 Å². The third kappa shape index (κ3) is 4.20. The molecule has 2 atom stereocenters. The van der Waals surface area contributed by atoms with E-state index in [2.05, 4.69) is 15.9 Å². The van der Waals surface area contributed by atoms with Gasteiger partial charge in [0.15, 0.2) is 0 Å². The number of rotatable bonds is 1. The van der Waals surface area contributed by atoms with Crippen LogP contribution in [0.3, 0.4) is 0 Å². The highest BCUT2D eigenvalue weighted by molar-refractivity contribution is 9.10. The van der Waals surface area contributed by atoms with Crippen LogP contribution in [-0.2, 0) is 9.47 Å². The van der Waals surface area contributed by atoms with E-state index in [0.29, 0.717) is 13.2 Å². The van der Waals surface area contributed by atoms with Gasteiger partial charge in [-0.15, -0.1) is 0 Å². The molecule has 21 heavy (non-hydrogen) atoms. The molecule has 0 spiro atoms. The van der Waals surface area contributed by atoms with Crippen molar-refractivity contribution in [2.45, 2.75) is 45.4 Å². The zero-order valence-corrected chi connectivity index (χ0v) is 14.5. The zero-order valence-electron chi connectivity index (χ0n) is 12.9. The van der Waals surface area contributed by atoms with Crippen molar-refractivity contribution < 1.29 is 14.3 Å². The van der Waals surface area contributed by atoms with Gasteiger partial charge < -0.3 is 9.47 Å². The van der Waals surface area contributed by atoms with Crippen LogP contribution in [0, 0.1) is 0 Å². The molecule has 1 heterocycles. The van der Waals surface area contributed by atoms with Gasteiger partial charge in [-0.25, -0.2) is 4.79 Å². The van der Waals surface area contributed by atoms with Crippen molar-refractivity contribution in [3.8, 4) is 0 Å². The average molecular weight is 356 g/mol. The Hall–Kier alpha value is -1.07. The van der Waals surface area contributed by atoms with Crippen LogP contribution in [0.1, 0.15) is 39.3 Å². The SMILES string of the molecule is C[C@H]1COC[C@@H](c2ccc(Br)cc2)N1C(=O)OC(C)(C)C. The van der Waals surface area contributed by atoms with Crippen LogP contribution in [0.15, 0.2) is 28.7 Å². The van der Waals surface area contributed by atoms with Gasteiger partial charge in [0.25, 0.3) is 0 Å². The molecule has 1 aliphatic heterocycles. The largest absolute Gasteiger partial charge is 0.444 e.